The Balaban J connectivity index is 0.000000790. The molecule has 10 nitrogen and oxygen atoms in total. The van der Waals surface area contributed by atoms with Crippen LogP contribution in [-0.2, 0) is 38.8 Å². The van der Waals surface area contributed by atoms with E-state index < -0.39 is 0 Å². The highest BCUT2D eigenvalue weighted by molar-refractivity contribution is 5.78. The summed E-state index contributed by atoms with van der Waals surface area (Å²) in [6.45, 7) is 13.8. The predicted molar refractivity (Wildman–Crippen MR) is 180 cm³/mol. The standard InChI is InChI=1S/C29H43N5O3.C5H10O.CH2O/c1-30-32(2)21-27-19-28(8-7-26(27)22-35)34-15-13-33(14-16-34)20-24-3-5-25(6-4-24)23-36-17-18-37-29-9-11-31-12-10-29;1-2-3-4-5-6;1-2/h3-8,19,22,29-31H,9-18,20-21,23H2,1-2H3;5H,2-4H2,1H3;1H2. The number of rotatable bonds is 16. The van der Waals surface area contributed by atoms with Crippen molar-refractivity contribution in [2.45, 2.75) is 64.8 Å². The molecule has 0 spiro atoms. The number of carbonyl (C=O) groups is 3. The average molecular weight is 626 g/mol. The number of nitrogens with zero attached hydrogens (tertiary/aromatic N) is 3. The number of aldehydes is 2. The van der Waals surface area contributed by atoms with Crippen LogP contribution in [0.2, 0.25) is 0 Å². The quantitative estimate of drug-likeness (QED) is 0.162. The Morgan fingerprint density at radius 2 is 1.69 bits per heavy atom. The summed E-state index contributed by atoms with van der Waals surface area (Å²) in [6, 6.07) is 15.0. The first kappa shape index (κ1) is 38.2. The average Bonchev–Trinajstić information content (AvgIpc) is 3.10. The van der Waals surface area contributed by atoms with Crippen LogP contribution in [0.1, 0.15) is 66.1 Å². The number of piperazine rings is 1. The molecule has 4 rings (SSSR count). The van der Waals surface area contributed by atoms with Crippen molar-refractivity contribution < 1.29 is 23.9 Å². The Labute approximate surface area is 270 Å². The number of ether oxygens (including phenoxy) is 2. The van der Waals surface area contributed by atoms with Crippen LogP contribution < -0.4 is 15.6 Å². The zero-order valence-electron chi connectivity index (χ0n) is 27.7. The molecule has 250 valence electrons. The second-order valence-corrected chi connectivity index (χ2v) is 11.3. The normalized spacial score (nSPS) is 15.5. The van der Waals surface area contributed by atoms with E-state index in [9.17, 15) is 9.59 Å². The Morgan fingerprint density at radius 3 is 2.29 bits per heavy atom. The molecule has 2 aromatic rings. The van der Waals surface area contributed by atoms with Gasteiger partial charge in [0.1, 0.15) is 19.4 Å². The van der Waals surface area contributed by atoms with Gasteiger partial charge in [0.15, 0.2) is 0 Å². The summed E-state index contributed by atoms with van der Waals surface area (Å²) in [5.41, 5.74) is 8.63. The van der Waals surface area contributed by atoms with E-state index in [1.165, 1.54) is 16.8 Å². The third-order valence-corrected chi connectivity index (χ3v) is 8.02. The second-order valence-electron chi connectivity index (χ2n) is 11.3. The third kappa shape index (κ3) is 14.8. The minimum Gasteiger partial charge on any atom is -0.376 e. The maximum absolute atomic E-state index is 11.5. The summed E-state index contributed by atoms with van der Waals surface area (Å²) in [4.78, 5) is 34.0. The smallest absolute Gasteiger partial charge is 0.150 e. The number of hydrogen-bond acceptors (Lipinski definition) is 10. The highest BCUT2D eigenvalue weighted by atomic mass is 16.5. The van der Waals surface area contributed by atoms with Crippen LogP contribution in [0.5, 0.6) is 0 Å². The maximum atomic E-state index is 11.5. The summed E-state index contributed by atoms with van der Waals surface area (Å²) < 4.78 is 11.7. The van der Waals surface area contributed by atoms with E-state index in [0.29, 0.717) is 32.5 Å². The van der Waals surface area contributed by atoms with Gasteiger partial charge in [-0.05, 0) is 74.3 Å². The van der Waals surface area contributed by atoms with Gasteiger partial charge in [-0.3, -0.25) is 15.1 Å². The molecule has 2 aliphatic rings. The van der Waals surface area contributed by atoms with Gasteiger partial charge >= 0.3 is 0 Å². The van der Waals surface area contributed by atoms with Crippen molar-refractivity contribution in [1.82, 2.24) is 20.7 Å². The second kappa shape index (κ2) is 23.4. The van der Waals surface area contributed by atoms with Crippen LogP contribution in [0, 0.1) is 0 Å². The summed E-state index contributed by atoms with van der Waals surface area (Å²) >= 11 is 0. The van der Waals surface area contributed by atoms with Crippen molar-refractivity contribution in [2.75, 3.05) is 71.5 Å². The summed E-state index contributed by atoms with van der Waals surface area (Å²) in [6.07, 6.45) is 7.39. The van der Waals surface area contributed by atoms with E-state index in [1.807, 2.05) is 32.0 Å². The fraction of sp³-hybridized carbons (Fsp3) is 0.571. The minimum atomic E-state index is 0.386. The molecule has 2 heterocycles. The first-order valence-corrected chi connectivity index (χ1v) is 16.2. The van der Waals surface area contributed by atoms with Gasteiger partial charge in [0.25, 0.3) is 0 Å². The Bertz CT molecular complexity index is 1070. The van der Waals surface area contributed by atoms with Crippen LogP contribution in [0.3, 0.4) is 0 Å². The predicted octanol–water partition coefficient (Wildman–Crippen LogP) is 3.86. The number of benzene rings is 2. The fourth-order valence-electron chi connectivity index (χ4n) is 5.25. The maximum Gasteiger partial charge on any atom is 0.150 e. The first-order valence-electron chi connectivity index (χ1n) is 16.2. The van der Waals surface area contributed by atoms with Gasteiger partial charge in [-0.25, -0.2) is 5.01 Å². The number of nitrogens with one attached hydrogen (secondary N) is 2. The highest BCUT2D eigenvalue weighted by Gasteiger charge is 2.19. The lowest BCUT2D eigenvalue weighted by atomic mass is 10.1. The van der Waals surface area contributed by atoms with Crippen molar-refractivity contribution in [3.8, 4) is 0 Å². The number of piperidine rings is 1. The molecule has 0 aromatic heterocycles. The lowest BCUT2D eigenvalue weighted by Crippen LogP contribution is -2.46. The summed E-state index contributed by atoms with van der Waals surface area (Å²) in [7, 11) is 3.86. The monoisotopic (exact) mass is 625 g/mol. The van der Waals surface area contributed by atoms with Gasteiger partial charge in [0.05, 0.1) is 25.9 Å². The molecule has 0 atom stereocenters. The van der Waals surface area contributed by atoms with Gasteiger partial charge in [-0.15, -0.1) is 0 Å². The lowest BCUT2D eigenvalue weighted by molar-refractivity contribution is -0.108. The van der Waals surface area contributed by atoms with Gasteiger partial charge in [0.2, 0.25) is 0 Å². The molecule has 2 N–H and O–H groups in total. The summed E-state index contributed by atoms with van der Waals surface area (Å²) in [5, 5.41) is 5.34. The van der Waals surface area contributed by atoms with Gasteiger partial charge < -0.3 is 29.3 Å². The van der Waals surface area contributed by atoms with E-state index >= 15 is 0 Å². The molecule has 0 saturated carbocycles. The molecule has 45 heavy (non-hydrogen) atoms. The first-order chi connectivity index (χ1) is 22.1. The Morgan fingerprint density at radius 1 is 1.00 bits per heavy atom. The lowest BCUT2D eigenvalue weighted by Gasteiger charge is -2.36. The molecule has 2 saturated heterocycles. The third-order valence-electron chi connectivity index (χ3n) is 8.02. The molecule has 0 unspecified atom stereocenters. The minimum absolute atomic E-state index is 0.386. The number of unbranched alkanes of at least 4 members (excludes halogenated alkanes) is 2. The van der Waals surface area contributed by atoms with Gasteiger partial charge in [0, 0.05) is 64.0 Å². The van der Waals surface area contributed by atoms with Crippen LogP contribution in [0.25, 0.3) is 0 Å². The van der Waals surface area contributed by atoms with E-state index in [4.69, 9.17) is 14.3 Å². The molecule has 2 aromatic carbocycles. The fourth-order valence-corrected chi connectivity index (χ4v) is 5.25. The zero-order chi connectivity index (χ0) is 32.7. The van der Waals surface area contributed by atoms with E-state index in [0.717, 1.165) is 102 Å². The topological polar surface area (TPSA) is 103 Å². The van der Waals surface area contributed by atoms with Crippen LogP contribution in [0.15, 0.2) is 42.5 Å². The van der Waals surface area contributed by atoms with E-state index in [2.05, 4.69) is 63.9 Å². The zero-order valence-corrected chi connectivity index (χ0v) is 27.7. The largest absolute Gasteiger partial charge is 0.376 e. The van der Waals surface area contributed by atoms with Crippen molar-refractivity contribution in [3.63, 3.8) is 0 Å². The van der Waals surface area contributed by atoms with E-state index in [-0.39, 0.29) is 0 Å². The molecular formula is C35H55N5O5. The SMILES string of the molecule is C=O.CCCCC=O.CNN(C)Cc1cc(N2CCN(Cc3ccc(COCCOC4CCNCC4)cc3)CC2)ccc1C=O. The molecule has 10 heteroatoms. The number of anilines is 1. The van der Waals surface area contributed by atoms with Gasteiger partial charge in [-0.1, -0.05) is 37.6 Å². The number of hydrogen-bond donors (Lipinski definition) is 2. The van der Waals surface area contributed by atoms with Crippen LogP contribution in [-0.4, -0.2) is 102 Å². The Hall–Kier alpha value is -2.99. The molecule has 0 aliphatic carbocycles. The number of carbonyl (C=O) groups excluding carboxylic acids is 3. The molecular weight excluding hydrogens is 570 g/mol. The van der Waals surface area contributed by atoms with Crippen molar-refractivity contribution >= 4 is 25.0 Å². The molecule has 0 bridgehead atoms. The molecule has 0 amide bonds. The van der Waals surface area contributed by atoms with Crippen LogP contribution >= 0.6 is 0 Å². The molecule has 0 radical (unpaired) electrons. The Kier molecular flexibility index (Phi) is 19.8. The molecule has 2 aliphatic heterocycles. The highest BCUT2D eigenvalue weighted by Crippen LogP contribution is 2.22. The number of hydrazine groups is 1. The van der Waals surface area contributed by atoms with E-state index in [1.54, 1.807) is 0 Å². The summed E-state index contributed by atoms with van der Waals surface area (Å²) in [5.74, 6) is 0. The van der Waals surface area contributed by atoms with Crippen molar-refractivity contribution in [3.05, 3.63) is 64.7 Å². The van der Waals surface area contributed by atoms with Crippen molar-refractivity contribution in [2.24, 2.45) is 0 Å². The molecule has 2 fully saturated rings. The van der Waals surface area contributed by atoms with Crippen molar-refractivity contribution in [1.29, 1.82) is 0 Å². The van der Waals surface area contributed by atoms with Gasteiger partial charge in [-0.2, -0.15) is 0 Å². The van der Waals surface area contributed by atoms with Crippen LogP contribution in [0.4, 0.5) is 5.69 Å².